The molecule has 0 unspecified atom stereocenters. The van der Waals surface area contributed by atoms with Crippen LogP contribution in [0.1, 0.15) is 46.4 Å². The fourth-order valence-electron chi connectivity index (χ4n) is 3.23. The third-order valence-corrected chi connectivity index (χ3v) is 6.97. The topological polar surface area (TPSA) is 84.3 Å². The minimum absolute atomic E-state index is 0.0826. The molecular weight excluding hydrogens is 433 g/mol. The smallest absolute Gasteiger partial charge is 0.356 e. The van der Waals surface area contributed by atoms with Crippen LogP contribution in [0.15, 0.2) is 23.1 Å². The minimum atomic E-state index is -4.74. The third kappa shape index (κ3) is 5.97. The molecule has 0 aliphatic heterocycles. The largest absolute Gasteiger partial charge is 0.449 e. The zero-order chi connectivity index (χ0) is 23.4. The van der Waals surface area contributed by atoms with Crippen molar-refractivity contribution >= 4 is 27.0 Å². The Balaban J connectivity index is 2.36. The van der Waals surface area contributed by atoms with Crippen molar-refractivity contribution in [2.24, 2.45) is 5.92 Å². The van der Waals surface area contributed by atoms with Crippen LogP contribution in [-0.4, -0.2) is 47.8 Å². The van der Waals surface area contributed by atoms with Crippen molar-refractivity contribution in [2.75, 3.05) is 19.6 Å². The predicted octanol–water partition coefficient (Wildman–Crippen LogP) is 3.64. The molecule has 0 spiro atoms. The molecule has 1 amide bonds. The second-order valence-electron chi connectivity index (χ2n) is 7.61. The van der Waals surface area contributed by atoms with E-state index < -0.39 is 22.0 Å². The van der Waals surface area contributed by atoms with E-state index in [0.717, 1.165) is 17.1 Å². The number of rotatable bonds is 10. The van der Waals surface area contributed by atoms with E-state index in [1.165, 1.54) is 16.4 Å². The molecule has 2 aromatic rings. The molecule has 31 heavy (non-hydrogen) atoms. The number of benzene rings is 1. The van der Waals surface area contributed by atoms with Gasteiger partial charge in [0.15, 0.2) is 0 Å². The molecule has 2 rings (SSSR count). The lowest BCUT2D eigenvalue weighted by Crippen LogP contribution is -2.30. The number of hydrogen-bond acceptors (Lipinski definition) is 4. The number of nitrogens with zero attached hydrogens (tertiary/aromatic N) is 3. The minimum Gasteiger partial charge on any atom is -0.356 e. The Kier molecular flexibility index (Phi) is 8.09. The first-order valence-corrected chi connectivity index (χ1v) is 11.7. The van der Waals surface area contributed by atoms with Gasteiger partial charge in [-0.1, -0.05) is 27.7 Å². The summed E-state index contributed by atoms with van der Waals surface area (Å²) in [7, 11) is -3.84. The Labute approximate surface area is 180 Å². The second kappa shape index (κ2) is 9.99. The van der Waals surface area contributed by atoms with Gasteiger partial charge in [0.05, 0.1) is 15.9 Å². The molecule has 0 fully saturated rings. The van der Waals surface area contributed by atoms with E-state index >= 15 is 0 Å². The van der Waals surface area contributed by atoms with Crippen molar-refractivity contribution in [1.29, 1.82) is 0 Å². The number of carbonyl (C=O) groups is 1. The summed E-state index contributed by atoms with van der Waals surface area (Å²) in [6.45, 7) is 8.10. The number of alkyl halides is 3. The molecule has 11 heteroatoms. The fourth-order valence-corrected chi connectivity index (χ4v) is 4.71. The van der Waals surface area contributed by atoms with E-state index in [1.807, 2.05) is 13.8 Å². The Morgan fingerprint density at radius 1 is 1.23 bits per heavy atom. The number of aryl methyl sites for hydroxylation is 1. The molecule has 1 N–H and O–H groups in total. The Bertz CT molecular complexity index is 1010. The number of imidazole rings is 1. The maximum absolute atomic E-state index is 13.6. The van der Waals surface area contributed by atoms with E-state index in [1.54, 1.807) is 13.8 Å². The average Bonchev–Trinajstić information content (AvgIpc) is 3.05. The van der Waals surface area contributed by atoms with Gasteiger partial charge < -0.3 is 9.88 Å². The standard InChI is InChI=1S/C20H29F3N4O3S/c1-5-26(6-2)31(29,30)15-7-8-17-16(13-15)25-19(20(21,22)23)27(17)12-10-18(28)24-11-9-14(3)4/h7-8,13-14H,5-6,9-12H2,1-4H3,(H,24,28). The van der Waals surface area contributed by atoms with E-state index in [-0.39, 0.29) is 47.9 Å². The molecule has 0 bridgehead atoms. The van der Waals surface area contributed by atoms with Gasteiger partial charge in [-0.3, -0.25) is 4.79 Å². The highest BCUT2D eigenvalue weighted by Crippen LogP contribution is 2.32. The first-order valence-electron chi connectivity index (χ1n) is 10.3. The lowest BCUT2D eigenvalue weighted by Gasteiger charge is -2.18. The van der Waals surface area contributed by atoms with Gasteiger partial charge in [0, 0.05) is 32.6 Å². The maximum Gasteiger partial charge on any atom is 0.449 e. The monoisotopic (exact) mass is 462 g/mol. The zero-order valence-electron chi connectivity index (χ0n) is 18.2. The van der Waals surface area contributed by atoms with Crippen molar-refractivity contribution in [3.8, 4) is 0 Å². The normalized spacial score (nSPS) is 12.8. The number of aromatic nitrogens is 2. The summed E-state index contributed by atoms with van der Waals surface area (Å²) in [5.41, 5.74) is 0.0431. The van der Waals surface area contributed by atoms with Crippen LogP contribution in [0.25, 0.3) is 11.0 Å². The van der Waals surface area contributed by atoms with E-state index in [0.29, 0.717) is 12.5 Å². The van der Waals surface area contributed by atoms with Gasteiger partial charge in [0.2, 0.25) is 21.8 Å². The molecule has 0 atom stereocenters. The van der Waals surface area contributed by atoms with E-state index in [9.17, 15) is 26.4 Å². The Morgan fingerprint density at radius 2 is 1.87 bits per heavy atom. The van der Waals surface area contributed by atoms with Gasteiger partial charge in [-0.15, -0.1) is 0 Å². The summed E-state index contributed by atoms with van der Waals surface area (Å²) in [5.74, 6) is -1.11. The molecule has 7 nitrogen and oxygen atoms in total. The van der Waals surface area contributed by atoms with Gasteiger partial charge in [-0.25, -0.2) is 13.4 Å². The van der Waals surface area contributed by atoms with Crippen molar-refractivity contribution in [3.63, 3.8) is 0 Å². The first-order chi connectivity index (χ1) is 14.4. The van der Waals surface area contributed by atoms with Crippen molar-refractivity contribution in [2.45, 2.75) is 58.2 Å². The molecule has 0 radical (unpaired) electrons. The summed E-state index contributed by atoms with van der Waals surface area (Å²) in [4.78, 5) is 15.6. The number of fused-ring (bicyclic) bond motifs is 1. The number of amides is 1. The lowest BCUT2D eigenvalue weighted by molar-refractivity contribution is -0.147. The summed E-state index contributed by atoms with van der Waals surface area (Å²) in [6, 6.07) is 3.74. The van der Waals surface area contributed by atoms with Crippen molar-refractivity contribution < 1.29 is 26.4 Å². The highest BCUT2D eigenvalue weighted by atomic mass is 32.2. The van der Waals surface area contributed by atoms with Crippen LogP contribution in [0.5, 0.6) is 0 Å². The van der Waals surface area contributed by atoms with Crippen molar-refractivity contribution in [1.82, 2.24) is 19.2 Å². The van der Waals surface area contributed by atoms with Crippen molar-refractivity contribution in [3.05, 3.63) is 24.0 Å². The quantitative estimate of drug-likeness (QED) is 0.584. The number of sulfonamides is 1. The number of halogens is 3. The van der Waals surface area contributed by atoms with Crippen LogP contribution >= 0.6 is 0 Å². The molecule has 1 aromatic heterocycles. The number of nitrogens with one attached hydrogen (secondary N) is 1. The lowest BCUT2D eigenvalue weighted by atomic mass is 10.1. The molecular formula is C20H29F3N4O3S. The summed E-state index contributed by atoms with van der Waals surface area (Å²) < 4.78 is 68.2. The summed E-state index contributed by atoms with van der Waals surface area (Å²) in [5, 5.41) is 2.70. The fraction of sp³-hybridized carbons (Fsp3) is 0.600. The molecule has 1 aromatic carbocycles. The second-order valence-corrected chi connectivity index (χ2v) is 9.55. The predicted molar refractivity (Wildman–Crippen MR) is 112 cm³/mol. The number of carbonyl (C=O) groups excluding carboxylic acids is 1. The van der Waals surface area contributed by atoms with Crippen LogP contribution in [-0.2, 0) is 27.5 Å². The molecule has 0 saturated carbocycles. The molecule has 174 valence electrons. The van der Waals surface area contributed by atoms with E-state index in [4.69, 9.17) is 0 Å². The first kappa shape index (κ1) is 25.1. The average molecular weight is 463 g/mol. The van der Waals surface area contributed by atoms with Crippen LogP contribution < -0.4 is 5.32 Å². The zero-order valence-corrected chi connectivity index (χ0v) is 19.0. The molecule has 1 heterocycles. The van der Waals surface area contributed by atoms with Crippen LogP contribution in [0.2, 0.25) is 0 Å². The van der Waals surface area contributed by atoms with Crippen LogP contribution in [0.4, 0.5) is 13.2 Å². The number of hydrogen-bond donors (Lipinski definition) is 1. The molecule has 0 aliphatic rings. The van der Waals surface area contributed by atoms with E-state index in [2.05, 4.69) is 10.3 Å². The van der Waals surface area contributed by atoms with Crippen LogP contribution in [0, 0.1) is 5.92 Å². The summed E-state index contributed by atoms with van der Waals surface area (Å²) in [6.07, 6.45) is -4.12. The highest BCUT2D eigenvalue weighted by molar-refractivity contribution is 7.89. The van der Waals surface area contributed by atoms with Gasteiger partial charge in [0.25, 0.3) is 0 Å². The summed E-state index contributed by atoms with van der Waals surface area (Å²) >= 11 is 0. The van der Waals surface area contributed by atoms with Gasteiger partial charge >= 0.3 is 6.18 Å². The highest BCUT2D eigenvalue weighted by Gasteiger charge is 2.38. The van der Waals surface area contributed by atoms with Gasteiger partial charge in [0.1, 0.15) is 0 Å². The molecule has 0 saturated heterocycles. The van der Waals surface area contributed by atoms with Gasteiger partial charge in [-0.05, 0) is 30.5 Å². The third-order valence-electron chi connectivity index (χ3n) is 4.92. The SMILES string of the molecule is CCN(CC)S(=O)(=O)c1ccc2c(c1)nc(C(F)(F)F)n2CCC(=O)NCCC(C)C. The molecule has 0 aliphatic carbocycles. The van der Waals surface area contributed by atoms with Crippen LogP contribution in [0.3, 0.4) is 0 Å². The maximum atomic E-state index is 13.6. The Hall–Kier alpha value is -2.14. The Morgan fingerprint density at radius 3 is 2.42 bits per heavy atom. The van der Waals surface area contributed by atoms with Gasteiger partial charge in [-0.2, -0.15) is 17.5 Å².